The molecule has 2 N–H and O–H groups in total. The second kappa shape index (κ2) is 7.71. The Bertz CT molecular complexity index is 249. The molecule has 0 unspecified atom stereocenters. The normalized spacial score (nSPS) is 25.9. The molecule has 2 heterocycles. The van der Waals surface area contributed by atoms with E-state index in [0.29, 0.717) is 12.6 Å². The molecule has 2 rings (SSSR count). The lowest BCUT2D eigenvalue weighted by molar-refractivity contribution is -0.128. The predicted molar refractivity (Wildman–Crippen MR) is 68.4 cm³/mol. The van der Waals surface area contributed by atoms with Crippen molar-refractivity contribution in [3.63, 3.8) is 0 Å². The lowest BCUT2D eigenvalue weighted by atomic mass is 10.1. The van der Waals surface area contributed by atoms with Crippen LogP contribution in [0, 0.1) is 0 Å². The van der Waals surface area contributed by atoms with E-state index in [1.807, 2.05) is 0 Å². The van der Waals surface area contributed by atoms with E-state index < -0.39 is 0 Å². The maximum absolute atomic E-state index is 11.7. The highest BCUT2D eigenvalue weighted by Gasteiger charge is 2.17. The van der Waals surface area contributed by atoms with E-state index in [-0.39, 0.29) is 18.6 Å². The molecule has 1 atom stereocenters. The first-order valence-corrected chi connectivity index (χ1v) is 7.04. The zero-order chi connectivity index (χ0) is 12.6. The Morgan fingerprint density at radius 2 is 2.11 bits per heavy atom. The molecule has 2 saturated heterocycles. The Balaban J connectivity index is 1.53. The molecule has 0 aromatic carbocycles. The summed E-state index contributed by atoms with van der Waals surface area (Å²) in [4.78, 5) is 11.7. The van der Waals surface area contributed by atoms with Gasteiger partial charge in [0.1, 0.15) is 6.61 Å². The van der Waals surface area contributed by atoms with Crippen LogP contribution in [-0.4, -0.2) is 51.0 Å². The molecule has 2 aliphatic heterocycles. The molecule has 0 aromatic rings. The number of ether oxygens (including phenoxy) is 2. The lowest BCUT2D eigenvalue weighted by Gasteiger charge is -2.24. The molecule has 104 valence electrons. The molecule has 5 nitrogen and oxygen atoms in total. The van der Waals surface area contributed by atoms with Crippen molar-refractivity contribution in [3.05, 3.63) is 0 Å². The summed E-state index contributed by atoms with van der Waals surface area (Å²) in [5.41, 5.74) is 0. The number of hydrogen-bond acceptors (Lipinski definition) is 4. The number of rotatable bonds is 5. The molecule has 0 aromatic heterocycles. The van der Waals surface area contributed by atoms with Gasteiger partial charge in [0.2, 0.25) is 5.91 Å². The number of hydrogen-bond donors (Lipinski definition) is 2. The van der Waals surface area contributed by atoms with Gasteiger partial charge in [0.05, 0.1) is 12.7 Å². The number of nitrogens with one attached hydrogen (secondary N) is 2. The van der Waals surface area contributed by atoms with Gasteiger partial charge in [0, 0.05) is 12.6 Å². The molecule has 2 aliphatic rings. The molecule has 5 heteroatoms. The molecular weight excluding hydrogens is 232 g/mol. The fraction of sp³-hybridized carbons (Fsp3) is 0.923. The van der Waals surface area contributed by atoms with Crippen LogP contribution >= 0.6 is 0 Å². The van der Waals surface area contributed by atoms with E-state index in [1.165, 1.54) is 6.42 Å². The van der Waals surface area contributed by atoms with Crippen LogP contribution in [0.25, 0.3) is 0 Å². The van der Waals surface area contributed by atoms with E-state index in [2.05, 4.69) is 10.6 Å². The molecule has 1 amide bonds. The summed E-state index contributed by atoms with van der Waals surface area (Å²) < 4.78 is 11.0. The largest absolute Gasteiger partial charge is 0.376 e. The van der Waals surface area contributed by atoms with Crippen LogP contribution < -0.4 is 10.6 Å². The maximum atomic E-state index is 11.7. The lowest BCUT2D eigenvalue weighted by Crippen LogP contribution is -2.44. The predicted octanol–water partition coefficient (Wildman–Crippen LogP) is 0.440. The smallest absolute Gasteiger partial charge is 0.246 e. The van der Waals surface area contributed by atoms with Crippen LogP contribution in [0.5, 0.6) is 0 Å². The molecule has 2 fully saturated rings. The van der Waals surface area contributed by atoms with Gasteiger partial charge in [0.25, 0.3) is 0 Å². The summed E-state index contributed by atoms with van der Waals surface area (Å²) >= 11 is 0. The minimum Gasteiger partial charge on any atom is -0.376 e. The van der Waals surface area contributed by atoms with Crippen LogP contribution in [0.3, 0.4) is 0 Å². The van der Waals surface area contributed by atoms with Crippen LogP contribution in [0.4, 0.5) is 0 Å². The van der Waals surface area contributed by atoms with Crippen molar-refractivity contribution < 1.29 is 14.3 Å². The summed E-state index contributed by atoms with van der Waals surface area (Å²) in [6.07, 6.45) is 5.61. The molecule has 0 radical (unpaired) electrons. The SMILES string of the molecule is O=C(COC[C@H]1CCCCO1)NC1CCNCC1. The van der Waals surface area contributed by atoms with Gasteiger partial charge >= 0.3 is 0 Å². The molecule has 0 bridgehead atoms. The zero-order valence-corrected chi connectivity index (χ0v) is 11.0. The Labute approximate surface area is 109 Å². The van der Waals surface area contributed by atoms with Crippen LogP contribution in [-0.2, 0) is 14.3 Å². The van der Waals surface area contributed by atoms with Gasteiger partial charge in [-0.15, -0.1) is 0 Å². The van der Waals surface area contributed by atoms with Crippen molar-refractivity contribution in [2.45, 2.75) is 44.2 Å². The monoisotopic (exact) mass is 256 g/mol. The van der Waals surface area contributed by atoms with Crippen LogP contribution in [0.2, 0.25) is 0 Å². The quantitative estimate of drug-likeness (QED) is 0.749. The van der Waals surface area contributed by atoms with E-state index >= 15 is 0 Å². The molecule has 0 saturated carbocycles. The van der Waals surface area contributed by atoms with Crippen LogP contribution in [0.1, 0.15) is 32.1 Å². The Morgan fingerprint density at radius 3 is 2.83 bits per heavy atom. The van der Waals surface area contributed by atoms with Crippen molar-refractivity contribution in [3.8, 4) is 0 Å². The highest BCUT2D eigenvalue weighted by atomic mass is 16.5. The molecule has 0 spiro atoms. The van der Waals surface area contributed by atoms with Crippen molar-refractivity contribution in [2.75, 3.05) is 32.9 Å². The van der Waals surface area contributed by atoms with Gasteiger partial charge in [-0.1, -0.05) is 0 Å². The first-order chi connectivity index (χ1) is 8.84. The molecule has 0 aliphatic carbocycles. The van der Waals surface area contributed by atoms with Crippen molar-refractivity contribution in [1.29, 1.82) is 0 Å². The minimum atomic E-state index is -0.00212. The third kappa shape index (κ3) is 4.92. The first kappa shape index (κ1) is 13.8. The minimum absolute atomic E-state index is 0.00212. The van der Waals surface area contributed by atoms with Gasteiger partial charge in [-0.3, -0.25) is 4.79 Å². The highest BCUT2D eigenvalue weighted by Crippen LogP contribution is 2.12. The summed E-state index contributed by atoms with van der Waals surface area (Å²) in [5, 5.41) is 6.29. The molecule has 18 heavy (non-hydrogen) atoms. The standard InChI is InChI=1S/C13H24N2O3/c16-13(15-11-4-6-14-7-5-11)10-17-9-12-3-1-2-8-18-12/h11-12,14H,1-10H2,(H,15,16)/t12-/m1/s1. The van der Waals surface area contributed by atoms with Gasteiger partial charge in [0.15, 0.2) is 0 Å². The van der Waals surface area contributed by atoms with Gasteiger partial charge < -0.3 is 20.1 Å². The van der Waals surface area contributed by atoms with Crippen molar-refractivity contribution in [2.24, 2.45) is 0 Å². The van der Waals surface area contributed by atoms with Crippen molar-refractivity contribution in [1.82, 2.24) is 10.6 Å². The third-order valence-electron chi connectivity index (χ3n) is 3.52. The average molecular weight is 256 g/mol. The van der Waals surface area contributed by atoms with E-state index in [4.69, 9.17) is 9.47 Å². The fourth-order valence-electron chi connectivity index (χ4n) is 2.46. The van der Waals surface area contributed by atoms with E-state index in [1.54, 1.807) is 0 Å². The van der Waals surface area contributed by atoms with Crippen LogP contribution in [0.15, 0.2) is 0 Å². The second-order valence-corrected chi connectivity index (χ2v) is 5.10. The Kier molecular flexibility index (Phi) is 5.90. The van der Waals surface area contributed by atoms with Gasteiger partial charge in [-0.25, -0.2) is 0 Å². The van der Waals surface area contributed by atoms with Gasteiger partial charge in [-0.05, 0) is 45.2 Å². The number of carbonyl (C=O) groups is 1. The number of amides is 1. The summed E-state index contributed by atoms with van der Waals surface area (Å²) in [5.74, 6) is -0.00212. The summed E-state index contributed by atoms with van der Waals surface area (Å²) in [6, 6.07) is 0.313. The fourth-order valence-corrected chi connectivity index (χ4v) is 2.46. The Hall–Kier alpha value is -0.650. The number of piperidine rings is 1. The van der Waals surface area contributed by atoms with Gasteiger partial charge in [-0.2, -0.15) is 0 Å². The third-order valence-corrected chi connectivity index (χ3v) is 3.52. The zero-order valence-electron chi connectivity index (χ0n) is 11.0. The van der Waals surface area contributed by atoms with E-state index in [9.17, 15) is 4.79 Å². The summed E-state index contributed by atoms with van der Waals surface area (Å²) in [7, 11) is 0. The van der Waals surface area contributed by atoms with E-state index in [0.717, 1.165) is 45.4 Å². The topological polar surface area (TPSA) is 59.6 Å². The number of carbonyl (C=O) groups excluding carboxylic acids is 1. The molecular formula is C13H24N2O3. The first-order valence-electron chi connectivity index (χ1n) is 7.04. The Morgan fingerprint density at radius 1 is 1.28 bits per heavy atom. The highest BCUT2D eigenvalue weighted by molar-refractivity contribution is 5.77. The summed E-state index contributed by atoms with van der Waals surface area (Å²) in [6.45, 7) is 3.50. The second-order valence-electron chi connectivity index (χ2n) is 5.10. The average Bonchev–Trinajstić information content (AvgIpc) is 2.41. The van der Waals surface area contributed by atoms with Crippen molar-refractivity contribution >= 4 is 5.91 Å². The maximum Gasteiger partial charge on any atom is 0.246 e.